The standard InChI is InChI=1S/C12H22O2/c1-12(2,3)10-7-5-9(6-8-10)11(13)14-4/h9-10H,5-8H2,1-4H3/t9-,10+/i5D2,7D,8D2,10D/t7?,9-,10+/m1/s1. The van der Waals surface area contributed by atoms with Crippen molar-refractivity contribution in [2.75, 3.05) is 7.11 Å². The Balaban J connectivity index is 3.41. The Kier molecular flexibility index (Phi) is 1.71. The van der Waals surface area contributed by atoms with Crippen molar-refractivity contribution in [2.24, 2.45) is 17.2 Å². The summed E-state index contributed by atoms with van der Waals surface area (Å²) in [7, 11) is 1.11. The maximum atomic E-state index is 11.7. The third-order valence-corrected chi connectivity index (χ3v) is 2.22. The van der Waals surface area contributed by atoms with Crippen molar-refractivity contribution in [1.29, 1.82) is 0 Å². The van der Waals surface area contributed by atoms with Crippen LogP contribution in [0.15, 0.2) is 0 Å². The van der Waals surface area contributed by atoms with Gasteiger partial charge in [0.2, 0.25) is 0 Å². The number of hydrogen-bond acceptors (Lipinski definition) is 2. The minimum Gasteiger partial charge on any atom is -0.469 e. The summed E-state index contributed by atoms with van der Waals surface area (Å²) in [5.41, 5.74) is -0.947. The topological polar surface area (TPSA) is 26.3 Å². The minimum atomic E-state index is -2.31. The van der Waals surface area contributed by atoms with E-state index in [1.807, 2.05) is 0 Å². The quantitative estimate of drug-likeness (QED) is 0.614. The molecule has 82 valence electrons. The molecule has 0 spiro atoms. The van der Waals surface area contributed by atoms with Gasteiger partial charge in [-0.3, -0.25) is 4.79 Å². The molecule has 1 aliphatic carbocycles. The van der Waals surface area contributed by atoms with Crippen LogP contribution in [0, 0.1) is 17.2 Å². The SMILES string of the molecule is [2H]C1C([2H])([2H])[C@@H](C(=O)OC)CC([2H])([2H])[C@@]1([2H])C(C)(C)C. The summed E-state index contributed by atoms with van der Waals surface area (Å²) in [5, 5.41) is 0. The van der Waals surface area contributed by atoms with Gasteiger partial charge in [0.25, 0.3) is 0 Å². The molecule has 0 heterocycles. The third-order valence-electron chi connectivity index (χ3n) is 2.22. The molecule has 1 unspecified atom stereocenters. The number of carbonyl (C=O) groups excluding carboxylic acids is 1. The summed E-state index contributed by atoms with van der Waals surface area (Å²) < 4.78 is 53.4. The molecule has 0 aromatic heterocycles. The lowest BCUT2D eigenvalue weighted by Gasteiger charge is -2.36. The molecule has 0 bridgehead atoms. The molecule has 3 atom stereocenters. The van der Waals surface area contributed by atoms with Gasteiger partial charge in [-0.2, -0.15) is 0 Å². The highest BCUT2D eigenvalue weighted by molar-refractivity contribution is 5.72. The van der Waals surface area contributed by atoms with Crippen molar-refractivity contribution in [3.8, 4) is 0 Å². The van der Waals surface area contributed by atoms with Crippen LogP contribution in [0.1, 0.15) is 54.6 Å². The lowest BCUT2D eigenvalue weighted by molar-refractivity contribution is -0.147. The highest BCUT2D eigenvalue weighted by Gasteiger charge is 2.32. The van der Waals surface area contributed by atoms with Gasteiger partial charge in [0, 0.05) is 8.22 Å². The first-order valence-electron chi connectivity index (χ1n) is 7.81. The maximum Gasteiger partial charge on any atom is 0.308 e. The van der Waals surface area contributed by atoms with Crippen LogP contribution in [-0.4, -0.2) is 13.1 Å². The molecule has 0 saturated heterocycles. The molecule has 0 aromatic rings. The monoisotopic (exact) mass is 204 g/mol. The van der Waals surface area contributed by atoms with Crippen molar-refractivity contribution < 1.29 is 17.8 Å². The molecule has 2 heteroatoms. The van der Waals surface area contributed by atoms with Gasteiger partial charge < -0.3 is 4.74 Å². The zero-order valence-corrected chi connectivity index (χ0v) is 9.18. The van der Waals surface area contributed by atoms with Crippen LogP contribution in [-0.2, 0) is 9.53 Å². The van der Waals surface area contributed by atoms with Crippen LogP contribution >= 0.6 is 0 Å². The second kappa shape index (κ2) is 4.33. The summed E-state index contributed by atoms with van der Waals surface area (Å²) in [6, 6.07) is 0. The zero-order valence-electron chi connectivity index (χ0n) is 15.2. The van der Waals surface area contributed by atoms with E-state index in [4.69, 9.17) is 8.22 Å². The largest absolute Gasteiger partial charge is 0.469 e. The molecule has 1 fully saturated rings. The summed E-state index contributed by atoms with van der Waals surface area (Å²) in [5.74, 6) is -4.20. The first-order chi connectivity index (χ1) is 8.73. The van der Waals surface area contributed by atoms with Crippen molar-refractivity contribution in [2.45, 2.75) is 46.3 Å². The Bertz CT molecular complexity index is 403. The van der Waals surface area contributed by atoms with E-state index in [9.17, 15) is 4.79 Å². The van der Waals surface area contributed by atoms with Crippen molar-refractivity contribution in [1.82, 2.24) is 0 Å². The Morgan fingerprint density at radius 1 is 1.50 bits per heavy atom. The summed E-state index contributed by atoms with van der Waals surface area (Å²) >= 11 is 0. The van der Waals surface area contributed by atoms with Gasteiger partial charge in [-0.15, -0.1) is 0 Å². The second-order valence-corrected chi connectivity index (χ2v) is 4.43. The molecular weight excluding hydrogens is 176 g/mol. The summed E-state index contributed by atoms with van der Waals surface area (Å²) in [6.45, 7) is 4.86. The number of esters is 1. The molecule has 1 saturated carbocycles. The van der Waals surface area contributed by atoms with E-state index in [1.54, 1.807) is 20.8 Å². The fraction of sp³-hybridized carbons (Fsp3) is 0.917. The van der Waals surface area contributed by atoms with Crippen LogP contribution in [0.2, 0.25) is 0 Å². The Morgan fingerprint density at radius 2 is 2.14 bits per heavy atom. The van der Waals surface area contributed by atoms with Gasteiger partial charge in [0.05, 0.1) is 13.0 Å². The lowest BCUT2D eigenvalue weighted by atomic mass is 9.70. The molecule has 1 aliphatic rings. The van der Waals surface area contributed by atoms with Gasteiger partial charge in [0.15, 0.2) is 0 Å². The molecule has 2 nitrogen and oxygen atoms in total. The lowest BCUT2D eigenvalue weighted by Crippen LogP contribution is -2.29. The Morgan fingerprint density at radius 3 is 2.64 bits per heavy atom. The molecule has 0 aromatic carbocycles. The zero-order chi connectivity index (χ0) is 16.1. The third kappa shape index (κ3) is 2.73. The highest BCUT2D eigenvalue weighted by atomic mass is 16.5. The molecular formula is C12H22O2. The van der Waals surface area contributed by atoms with E-state index in [0.717, 1.165) is 7.11 Å². The van der Waals surface area contributed by atoms with E-state index in [1.165, 1.54) is 0 Å². The van der Waals surface area contributed by atoms with Crippen LogP contribution in [0.3, 0.4) is 0 Å². The Hall–Kier alpha value is -0.530. The van der Waals surface area contributed by atoms with Crippen molar-refractivity contribution in [3.05, 3.63) is 0 Å². The second-order valence-electron chi connectivity index (χ2n) is 4.43. The average Bonchev–Trinajstić information content (AvgIpc) is 2.29. The van der Waals surface area contributed by atoms with E-state index >= 15 is 0 Å². The van der Waals surface area contributed by atoms with Gasteiger partial charge in [-0.1, -0.05) is 20.8 Å². The summed E-state index contributed by atoms with van der Waals surface area (Å²) in [6.07, 6.45) is -6.62. The fourth-order valence-electron chi connectivity index (χ4n) is 1.28. The number of hydrogen-bond donors (Lipinski definition) is 0. The van der Waals surface area contributed by atoms with Gasteiger partial charge in [-0.25, -0.2) is 0 Å². The van der Waals surface area contributed by atoms with Crippen LogP contribution in [0.25, 0.3) is 0 Å². The predicted octanol–water partition coefficient (Wildman–Crippen LogP) is 3.01. The first-order valence-corrected chi connectivity index (χ1v) is 4.73. The van der Waals surface area contributed by atoms with E-state index in [2.05, 4.69) is 4.74 Å². The molecule has 0 aliphatic heterocycles. The van der Waals surface area contributed by atoms with Crippen LogP contribution < -0.4 is 0 Å². The fourth-order valence-corrected chi connectivity index (χ4v) is 1.28. The van der Waals surface area contributed by atoms with Crippen molar-refractivity contribution in [3.63, 3.8) is 0 Å². The number of carbonyl (C=O) groups is 1. The molecule has 0 radical (unpaired) electrons. The van der Waals surface area contributed by atoms with E-state index in [0.29, 0.717) is 0 Å². The van der Waals surface area contributed by atoms with Crippen LogP contribution in [0.4, 0.5) is 0 Å². The number of rotatable bonds is 1. The highest BCUT2D eigenvalue weighted by Crippen LogP contribution is 2.39. The van der Waals surface area contributed by atoms with E-state index in [-0.39, 0.29) is 0 Å². The van der Waals surface area contributed by atoms with Gasteiger partial charge in [0.1, 0.15) is 0 Å². The van der Waals surface area contributed by atoms with Crippen LogP contribution in [0.5, 0.6) is 0 Å². The molecule has 14 heavy (non-hydrogen) atoms. The smallest absolute Gasteiger partial charge is 0.308 e. The number of ether oxygens (including phenoxy) is 1. The van der Waals surface area contributed by atoms with Gasteiger partial charge in [-0.05, 0) is 36.9 Å². The average molecular weight is 204 g/mol. The molecule has 0 amide bonds. The predicted molar refractivity (Wildman–Crippen MR) is 56.9 cm³/mol. The first kappa shape index (κ1) is 5.53. The Labute approximate surface area is 95.5 Å². The number of methoxy groups -OCH3 is 1. The minimum absolute atomic E-state index is 0.456. The molecule has 0 N–H and O–H groups in total. The maximum absolute atomic E-state index is 11.7. The van der Waals surface area contributed by atoms with Gasteiger partial charge >= 0.3 is 5.97 Å². The van der Waals surface area contributed by atoms with E-state index < -0.39 is 48.8 Å². The van der Waals surface area contributed by atoms with Crippen molar-refractivity contribution >= 4 is 5.97 Å². The molecule has 1 rings (SSSR count). The normalized spacial score (nSPS) is 52.6. The summed E-state index contributed by atoms with van der Waals surface area (Å²) in [4.78, 5) is 11.7.